The number of rotatable bonds is 5. The van der Waals surface area contributed by atoms with Crippen LogP contribution in [0.2, 0.25) is 0 Å². The first-order valence-corrected chi connectivity index (χ1v) is 11.4. The number of aromatic nitrogens is 1. The van der Waals surface area contributed by atoms with Crippen LogP contribution in [0.3, 0.4) is 0 Å². The molecule has 4 rings (SSSR count). The summed E-state index contributed by atoms with van der Waals surface area (Å²) in [6.07, 6.45) is -1.85. The smallest absolute Gasteiger partial charge is 0.372 e. The Hall–Kier alpha value is -2.80. The Kier molecular flexibility index (Phi) is 6.52. The van der Waals surface area contributed by atoms with Crippen LogP contribution in [-0.2, 0) is 22.1 Å². The lowest BCUT2D eigenvalue weighted by atomic mass is 9.86. The molecule has 7 heteroatoms. The average molecular weight is 459 g/mol. The molecule has 1 aliphatic heterocycles. The van der Waals surface area contributed by atoms with E-state index in [0.29, 0.717) is 18.7 Å². The molecule has 0 bridgehead atoms. The lowest BCUT2D eigenvalue weighted by Crippen LogP contribution is -2.48. The van der Waals surface area contributed by atoms with Gasteiger partial charge in [0.1, 0.15) is 0 Å². The Morgan fingerprint density at radius 1 is 1.15 bits per heavy atom. The highest BCUT2D eigenvalue weighted by Crippen LogP contribution is 2.38. The maximum Gasteiger partial charge on any atom is 0.416 e. The second-order valence-electron chi connectivity index (χ2n) is 8.87. The fraction of sp³-hybridized carbons (Fsp3) is 0.423. The minimum atomic E-state index is -4.45. The fourth-order valence-electron chi connectivity index (χ4n) is 4.85. The zero-order valence-corrected chi connectivity index (χ0v) is 19.1. The van der Waals surface area contributed by atoms with Gasteiger partial charge in [0.2, 0.25) is 5.91 Å². The van der Waals surface area contributed by atoms with Gasteiger partial charge in [-0.05, 0) is 43.0 Å². The van der Waals surface area contributed by atoms with Crippen LogP contribution in [0.4, 0.5) is 13.2 Å². The minimum Gasteiger partial charge on any atom is -0.372 e. The van der Waals surface area contributed by atoms with Gasteiger partial charge in [0.05, 0.1) is 17.8 Å². The number of H-pyrrole nitrogens is 1. The lowest BCUT2D eigenvalue weighted by molar-refractivity contribution is -0.143. The van der Waals surface area contributed by atoms with Gasteiger partial charge in [-0.2, -0.15) is 13.2 Å². The van der Waals surface area contributed by atoms with Gasteiger partial charge >= 0.3 is 6.18 Å². The van der Waals surface area contributed by atoms with Gasteiger partial charge in [-0.1, -0.05) is 43.3 Å². The molecule has 3 aromatic rings. The first-order valence-electron chi connectivity index (χ1n) is 11.4. The van der Waals surface area contributed by atoms with Crippen molar-refractivity contribution in [2.24, 2.45) is 0 Å². The molecule has 4 nitrogen and oxygen atoms in total. The van der Waals surface area contributed by atoms with E-state index < -0.39 is 17.7 Å². The number of hydrogen-bond donors (Lipinski definition) is 1. The van der Waals surface area contributed by atoms with Crippen LogP contribution >= 0.6 is 0 Å². The van der Waals surface area contributed by atoms with Crippen LogP contribution < -0.4 is 0 Å². The van der Waals surface area contributed by atoms with E-state index in [0.717, 1.165) is 34.5 Å². The maximum atomic E-state index is 13.5. The van der Waals surface area contributed by atoms with Gasteiger partial charge in [-0.15, -0.1) is 0 Å². The van der Waals surface area contributed by atoms with E-state index in [-0.39, 0.29) is 24.5 Å². The molecule has 1 saturated heterocycles. The molecule has 33 heavy (non-hydrogen) atoms. The van der Waals surface area contributed by atoms with Crippen molar-refractivity contribution in [3.8, 4) is 0 Å². The number of hydrogen-bond acceptors (Lipinski definition) is 2. The molecule has 1 aromatic heterocycles. The second-order valence-corrected chi connectivity index (χ2v) is 8.87. The molecule has 2 heterocycles. The molecule has 176 valence electrons. The van der Waals surface area contributed by atoms with Crippen molar-refractivity contribution < 1.29 is 22.7 Å². The predicted octanol–water partition coefficient (Wildman–Crippen LogP) is 5.91. The summed E-state index contributed by atoms with van der Waals surface area (Å²) in [7, 11) is 0. The number of alkyl halides is 3. The summed E-state index contributed by atoms with van der Waals surface area (Å²) < 4.78 is 46.1. The molecular weight excluding hydrogens is 429 g/mol. The Balaban J connectivity index is 1.76. The predicted molar refractivity (Wildman–Crippen MR) is 122 cm³/mol. The summed E-state index contributed by atoms with van der Waals surface area (Å²) in [4.78, 5) is 18.4. The molecule has 1 fully saturated rings. The number of amides is 1. The van der Waals surface area contributed by atoms with E-state index >= 15 is 0 Å². The van der Waals surface area contributed by atoms with E-state index in [2.05, 4.69) is 11.9 Å². The molecule has 2 aromatic carbocycles. The summed E-state index contributed by atoms with van der Waals surface area (Å²) >= 11 is 0. The maximum absolute atomic E-state index is 13.5. The van der Waals surface area contributed by atoms with Crippen molar-refractivity contribution in [1.82, 2.24) is 9.88 Å². The van der Waals surface area contributed by atoms with Gasteiger partial charge in [0.25, 0.3) is 0 Å². The number of aryl methyl sites for hydroxylation is 1. The Morgan fingerprint density at radius 3 is 2.52 bits per heavy atom. The number of carbonyl (C=O) groups is 1. The minimum absolute atomic E-state index is 0.0788. The largest absolute Gasteiger partial charge is 0.416 e. The average Bonchev–Trinajstić information content (AvgIpc) is 3.20. The second kappa shape index (κ2) is 9.21. The molecule has 3 atom stereocenters. The van der Waals surface area contributed by atoms with Crippen LogP contribution in [-0.4, -0.2) is 41.1 Å². The number of ether oxygens (including phenoxy) is 1. The number of para-hydroxylation sites is 1. The van der Waals surface area contributed by atoms with Crippen molar-refractivity contribution in [2.75, 3.05) is 13.1 Å². The van der Waals surface area contributed by atoms with E-state index in [1.165, 1.54) is 12.1 Å². The summed E-state index contributed by atoms with van der Waals surface area (Å²) in [6, 6.07) is 11.3. The quantitative estimate of drug-likeness (QED) is 0.517. The number of halogens is 3. The first-order chi connectivity index (χ1) is 15.7. The number of aromatic amines is 1. The van der Waals surface area contributed by atoms with E-state index in [4.69, 9.17) is 4.74 Å². The highest BCUT2D eigenvalue weighted by molar-refractivity contribution is 5.88. The lowest BCUT2D eigenvalue weighted by Gasteiger charge is -2.36. The van der Waals surface area contributed by atoms with Gasteiger partial charge in [0.15, 0.2) is 0 Å². The van der Waals surface area contributed by atoms with Crippen molar-refractivity contribution >= 4 is 16.8 Å². The molecule has 0 aliphatic carbocycles. The van der Waals surface area contributed by atoms with Crippen LogP contribution in [0, 0.1) is 0 Å². The van der Waals surface area contributed by atoms with Gasteiger partial charge in [-0.3, -0.25) is 4.79 Å². The number of nitrogens with one attached hydrogen (secondary N) is 1. The third kappa shape index (κ3) is 4.93. The molecule has 3 unspecified atom stereocenters. The van der Waals surface area contributed by atoms with Crippen molar-refractivity contribution in [2.45, 2.75) is 57.9 Å². The third-order valence-electron chi connectivity index (χ3n) is 6.36. The zero-order chi connectivity index (χ0) is 23.8. The molecule has 0 spiro atoms. The normalized spacial score (nSPS) is 20.2. The summed E-state index contributed by atoms with van der Waals surface area (Å²) in [6.45, 7) is 6.86. The molecule has 1 aliphatic rings. The van der Waals surface area contributed by atoms with Gasteiger partial charge in [0, 0.05) is 42.5 Å². The Morgan fingerprint density at radius 2 is 1.85 bits per heavy atom. The van der Waals surface area contributed by atoms with Gasteiger partial charge < -0.3 is 14.6 Å². The number of fused-ring (bicyclic) bond motifs is 1. The summed E-state index contributed by atoms with van der Waals surface area (Å²) in [5, 5.41) is 0.938. The summed E-state index contributed by atoms with van der Waals surface area (Å²) in [5.74, 6) is -0.588. The van der Waals surface area contributed by atoms with Crippen molar-refractivity contribution in [1.29, 1.82) is 0 Å². The standard InChI is InChI=1S/C26H29F3N2O2/c1-4-18-7-6-10-21-23(13-30-25(18)21)22(19-8-5-9-20(11-19)26(27,28)29)12-24(32)31-14-16(2)33-17(3)15-31/h5-11,13,16-17,22,30H,4,12,14-15H2,1-3H3. The molecular formula is C26H29F3N2O2. The van der Waals surface area contributed by atoms with Crippen LogP contribution in [0.1, 0.15) is 55.4 Å². The van der Waals surface area contributed by atoms with E-state index in [1.807, 2.05) is 38.2 Å². The monoisotopic (exact) mass is 458 g/mol. The number of nitrogens with zero attached hydrogens (tertiary/aromatic N) is 1. The molecule has 0 saturated carbocycles. The molecule has 1 N–H and O–H groups in total. The molecule has 1 amide bonds. The zero-order valence-electron chi connectivity index (χ0n) is 19.1. The number of morpholine rings is 1. The molecule has 0 radical (unpaired) electrons. The van der Waals surface area contributed by atoms with Crippen LogP contribution in [0.5, 0.6) is 0 Å². The van der Waals surface area contributed by atoms with Crippen molar-refractivity contribution in [3.63, 3.8) is 0 Å². The van der Waals surface area contributed by atoms with Crippen molar-refractivity contribution in [3.05, 3.63) is 70.9 Å². The van der Waals surface area contributed by atoms with Crippen LogP contribution in [0.15, 0.2) is 48.7 Å². The van der Waals surface area contributed by atoms with Crippen LogP contribution in [0.25, 0.3) is 10.9 Å². The van der Waals surface area contributed by atoms with E-state index in [9.17, 15) is 18.0 Å². The third-order valence-corrected chi connectivity index (χ3v) is 6.36. The SMILES string of the molecule is CCc1cccc2c(C(CC(=O)N3CC(C)OC(C)C3)c3cccc(C(F)(F)F)c3)c[nH]c12. The Bertz CT molecular complexity index is 1130. The summed E-state index contributed by atoms with van der Waals surface area (Å²) in [5.41, 5.74) is 2.70. The number of carbonyl (C=O) groups excluding carboxylic acids is 1. The highest BCUT2D eigenvalue weighted by Gasteiger charge is 2.33. The first kappa shape index (κ1) is 23.4. The van der Waals surface area contributed by atoms with E-state index in [1.54, 1.807) is 11.0 Å². The topological polar surface area (TPSA) is 45.3 Å². The number of benzene rings is 2. The highest BCUT2D eigenvalue weighted by atomic mass is 19.4. The van der Waals surface area contributed by atoms with Gasteiger partial charge in [-0.25, -0.2) is 0 Å². The Labute approximate surface area is 191 Å². The fourth-order valence-corrected chi connectivity index (χ4v) is 4.85.